The third-order valence-electron chi connectivity index (χ3n) is 3.15. The highest BCUT2D eigenvalue weighted by Crippen LogP contribution is 2.25. The highest BCUT2D eigenvalue weighted by atomic mass is 32.2. The predicted octanol–water partition coefficient (Wildman–Crippen LogP) is 1.13. The van der Waals surface area contributed by atoms with E-state index in [1.165, 1.54) is 7.11 Å². The van der Waals surface area contributed by atoms with Gasteiger partial charge in [-0.25, -0.2) is 8.42 Å². The summed E-state index contributed by atoms with van der Waals surface area (Å²) in [7, 11) is -1.56. The number of carbonyl (C=O) groups excluding carboxylic acids is 1. The van der Waals surface area contributed by atoms with Crippen LogP contribution < -0.4 is 5.32 Å². The Morgan fingerprint density at radius 2 is 2.42 bits per heavy atom. The molecule has 0 aliphatic carbocycles. The Hall–Kier alpha value is -0.920. The van der Waals surface area contributed by atoms with Crippen molar-refractivity contribution in [1.29, 1.82) is 0 Å². The summed E-state index contributed by atoms with van der Waals surface area (Å²) in [6, 6.07) is 3.60. The van der Waals surface area contributed by atoms with Crippen LogP contribution in [-0.4, -0.2) is 39.0 Å². The minimum atomic E-state index is -2.92. The van der Waals surface area contributed by atoms with Gasteiger partial charge in [-0.05, 0) is 17.9 Å². The van der Waals surface area contributed by atoms with Gasteiger partial charge in [0, 0.05) is 10.9 Å². The van der Waals surface area contributed by atoms with Crippen molar-refractivity contribution < 1.29 is 17.9 Å². The van der Waals surface area contributed by atoms with E-state index < -0.39 is 9.84 Å². The molecule has 0 aromatic carbocycles. The summed E-state index contributed by atoms with van der Waals surface area (Å²) in [5.74, 6) is 0.0718. The first-order valence-electron chi connectivity index (χ1n) is 6.07. The zero-order chi connectivity index (χ0) is 13.9. The Bertz CT molecular complexity index is 524. The predicted molar refractivity (Wildman–Crippen MR) is 73.9 cm³/mol. The number of sulfone groups is 1. The van der Waals surface area contributed by atoms with Crippen LogP contribution in [-0.2, 0) is 19.4 Å². The minimum Gasteiger partial charge on any atom is -0.469 e. The summed E-state index contributed by atoms with van der Waals surface area (Å²) in [6.45, 7) is 0. The van der Waals surface area contributed by atoms with Gasteiger partial charge in [-0.2, -0.15) is 0 Å². The average Bonchev–Trinajstić information content (AvgIpc) is 2.97. The highest BCUT2D eigenvalue weighted by Gasteiger charge is 2.30. The SMILES string of the molecule is COC(=O)CC(NC1CCS(=O)(=O)C1)c1cccs1. The molecule has 0 amide bonds. The number of thiophene rings is 1. The Kier molecular flexibility index (Phi) is 4.59. The number of nitrogens with one attached hydrogen (secondary N) is 1. The minimum absolute atomic E-state index is 0.0817. The van der Waals surface area contributed by atoms with Crippen molar-refractivity contribution in [3.05, 3.63) is 22.4 Å². The molecule has 2 heterocycles. The topological polar surface area (TPSA) is 72.5 Å². The van der Waals surface area contributed by atoms with E-state index in [1.54, 1.807) is 11.3 Å². The van der Waals surface area contributed by atoms with Crippen molar-refractivity contribution in [1.82, 2.24) is 5.32 Å². The molecule has 2 atom stereocenters. The number of hydrogen-bond donors (Lipinski definition) is 1. The summed E-state index contributed by atoms with van der Waals surface area (Å²) in [5, 5.41) is 5.21. The van der Waals surface area contributed by atoms with Crippen LogP contribution in [0.2, 0.25) is 0 Å². The second kappa shape index (κ2) is 6.02. The quantitative estimate of drug-likeness (QED) is 0.826. The van der Waals surface area contributed by atoms with Gasteiger partial charge in [-0.15, -0.1) is 11.3 Å². The van der Waals surface area contributed by atoms with Gasteiger partial charge in [0.05, 0.1) is 31.1 Å². The van der Waals surface area contributed by atoms with Crippen LogP contribution in [0.1, 0.15) is 23.8 Å². The second-order valence-corrected chi connectivity index (χ2v) is 7.82. The average molecular weight is 303 g/mol. The molecule has 0 radical (unpaired) electrons. The van der Waals surface area contributed by atoms with E-state index in [-0.39, 0.29) is 36.0 Å². The molecular weight excluding hydrogens is 286 g/mol. The van der Waals surface area contributed by atoms with Crippen molar-refractivity contribution in [3.8, 4) is 0 Å². The van der Waals surface area contributed by atoms with Gasteiger partial charge in [0.1, 0.15) is 0 Å². The second-order valence-electron chi connectivity index (χ2n) is 4.61. The van der Waals surface area contributed by atoms with Gasteiger partial charge in [0.25, 0.3) is 0 Å². The third-order valence-corrected chi connectivity index (χ3v) is 5.91. The molecule has 1 N–H and O–H groups in total. The lowest BCUT2D eigenvalue weighted by Crippen LogP contribution is -2.34. The standard InChI is InChI=1S/C12H17NO4S2/c1-17-12(14)7-10(11-3-2-5-18-11)13-9-4-6-19(15,16)8-9/h2-3,5,9-10,13H,4,6-8H2,1H3. The number of hydrogen-bond acceptors (Lipinski definition) is 6. The van der Waals surface area contributed by atoms with Gasteiger partial charge in [-0.3, -0.25) is 4.79 Å². The first-order valence-corrected chi connectivity index (χ1v) is 8.77. The maximum atomic E-state index is 11.5. The van der Waals surface area contributed by atoms with Crippen LogP contribution >= 0.6 is 11.3 Å². The molecule has 19 heavy (non-hydrogen) atoms. The molecule has 7 heteroatoms. The van der Waals surface area contributed by atoms with E-state index in [1.807, 2.05) is 17.5 Å². The molecule has 1 aliphatic heterocycles. The monoisotopic (exact) mass is 303 g/mol. The van der Waals surface area contributed by atoms with Crippen LogP contribution in [0.5, 0.6) is 0 Å². The molecule has 1 saturated heterocycles. The summed E-state index contributed by atoms with van der Waals surface area (Å²) >= 11 is 1.55. The molecule has 0 saturated carbocycles. The van der Waals surface area contributed by atoms with E-state index in [4.69, 9.17) is 4.74 Å². The summed E-state index contributed by atoms with van der Waals surface area (Å²) in [4.78, 5) is 12.5. The van der Waals surface area contributed by atoms with E-state index in [0.29, 0.717) is 6.42 Å². The number of methoxy groups -OCH3 is 1. The molecule has 2 rings (SSSR count). The van der Waals surface area contributed by atoms with E-state index in [9.17, 15) is 13.2 Å². The van der Waals surface area contributed by atoms with E-state index in [2.05, 4.69) is 5.32 Å². The van der Waals surface area contributed by atoms with Crippen molar-refractivity contribution in [2.45, 2.75) is 24.9 Å². The number of esters is 1. The fourth-order valence-corrected chi connectivity index (χ4v) is 4.67. The van der Waals surface area contributed by atoms with Crippen molar-refractivity contribution in [2.24, 2.45) is 0 Å². The fraction of sp³-hybridized carbons (Fsp3) is 0.583. The van der Waals surface area contributed by atoms with Crippen molar-refractivity contribution in [2.75, 3.05) is 18.6 Å². The van der Waals surface area contributed by atoms with Gasteiger partial charge in [-0.1, -0.05) is 6.07 Å². The third kappa shape index (κ3) is 4.02. The lowest BCUT2D eigenvalue weighted by Gasteiger charge is -2.20. The zero-order valence-corrected chi connectivity index (χ0v) is 12.3. The lowest BCUT2D eigenvalue weighted by atomic mass is 10.1. The molecule has 1 fully saturated rings. The number of ether oxygens (including phenoxy) is 1. The lowest BCUT2D eigenvalue weighted by molar-refractivity contribution is -0.141. The van der Waals surface area contributed by atoms with Gasteiger partial charge in [0.2, 0.25) is 0 Å². The fourth-order valence-electron chi connectivity index (χ4n) is 2.19. The highest BCUT2D eigenvalue weighted by molar-refractivity contribution is 7.91. The number of carbonyl (C=O) groups is 1. The molecule has 1 aromatic rings. The van der Waals surface area contributed by atoms with E-state index >= 15 is 0 Å². The molecule has 1 aromatic heterocycles. The van der Waals surface area contributed by atoms with Gasteiger partial charge >= 0.3 is 5.97 Å². The van der Waals surface area contributed by atoms with Crippen molar-refractivity contribution >= 4 is 27.1 Å². The maximum absolute atomic E-state index is 11.5. The maximum Gasteiger partial charge on any atom is 0.307 e. The Morgan fingerprint density at radius 1 is 1.63 bits per heavy atom. The van der Waals surface area contributed by atoms with Crippen molar-refractivity contribution in [3.63, 3.8) is 0 Å². The van der Waals surface area contributed by atoms with E-state index in [0.717, 1.165) is 4.88 Å². The first kappa shape index (κ1) is 14.5. The summed E-state index contributed by atoms with van der Waals surface area (Å²) < 4.78 is 27.6. The largest absolute Gasteiger partial charge is 0.469 e. The normalized spacial score (nSPS) is 23.1. The Labute approximate surface area is 116 Å². The Morgan fingerprint density at radius 3 is 2.95 bits per heavy atom. The van der Waals surface area contributed by atoms with Crippen LogP contribution in [0.3, 0.4) is 0 Å². The molecule has 5 nitrogen and oxygen atoms in total. The zero-order valence-electron chi connectivity index (χ0n) is 10.7. The molecular formula is C12H17NO4S2. The summed E-state index contributed by atoms with van der Waals surface area (Å²) in [6.07, 6.45) is 0.818. The molecule has 2 unspecified atom stereocenters. The first-order chi connectivity index (χ1) is 9.00. The molecule has 1 aliphatic rings. The molecule has 106 valence electrons. The smallest absolute Gasteiger partial charge is 0.307 e. The Balaban J connectivity index is 2.04. The molecule has 0 spiro atoms. The van der Waals surface area contributed by atoms with Gasteiger partial charge in [0.15, 0.2) is 9.84 Å². The van der Waals surface area contributed by atoms with Crippen LogP contribution in [0, 0.1) is 0 Å². The molecule has 0 bridgehead atoms. The summed E-state index contributed by atoms with van der Waals surface area (Å²) in [5.41, 5.74) is 0. The number of rotatable bonds is 5. The van der Waals surface area contributed by atoms with Crippen LogP contribution in [0.4, 0.5) is 0 Å². The van der Waals surface area contributed by atoms with Gasteiger partial charge < -0.3 is 10.1 Å². The van der Waals surface area contributed by atoms with Crippen LogP contribution in [0.25, 0.3) is 0 Å². The van der Waals surface area contributed by atoms with Crippen LogP contribution in [0.15, 0.2) is 17.5 Å².